The summed E-state index contributed by atoms with van der Waals surface area (Å²) in [5.74, 6) is 1.03. The summed E-state index contributed by atoms with van der Waals surface area (Å²) in [6.07, 6.45) is 0.764. The molecule has 1 heterocycles. The Morgan fingerprint density at radius 1 is 0.806 bits per heavy atom. The average Bonchev–Trinajstić information content (AvgIpc) is 2.99. The van der Waals surface area contributed by atoms with Crippen LogP contribution < -0.4 is 0 Å². The molecule has 0 spiro atoms. The molecule has 0 N–H and O–H groups in total. The summed E-state index contributed by atoms with van der Waals surface area (Å²) in [7, 11) is 2.16. The molecule has 3 aromatic carbocycles. The maximum Gasteiger partial charge on any atom is 0.0896 e. The first-order valence-electron chi connectivity index (χ1n) is 10.6. The van der Waals surface area contributed by atoms with E-state index in [9.17, 15) is 0 Å². The van der Waals surface area contributed by atoms with Crippen molar-refractivity contribution in [3.05, 3.63) is 84.4 Å². The number of nitrogens with zero attached hydrogens (tertiary/aromatic N) is 3. The van der Waals surface area contributed by atoms with Crippen molar-refractivity contribution >= 4 is 45.7 Å². The molecule has 0 bridgehead atoms. The monoisotopic (exact) mass is 445 g/mol. The minimum Gasteiger partial charge on any atom is -0.306 e. The van der Waals surface area contributed by atoms with Gasteiger partial charge < -0.3 is 4.90 Å². The Kier molecular flexibility index (Phi) is 7.62. The second-order valence-electron chi connectivity index (χ2n) is 7.41. The number of aliphatic imine (C=N–C) groups is 2. The van der Waals surface area contributed by atoms with Crippen LogP contribution in [0.4, 0.5) is 11.4 Å². The number of hydrogen-bond acceptors (Lipinski definition) is 5. The molecule has 31 heavy (non-hydrogen) atoms. The first-order valence-corrected chi connectivity index (χ1v) is 12.4. The lowest BCUT2D eigenvalue weighted by atomic mass is 10.1. The molecule has 0 fully saturated rings. The molecule has 0 amide bonds. The minimum absolute atomic E-state index is 0.764. The van der Waals surface area contributed by atoms with Crippen molar-refractivity contribution in [2.75, 3.05) is 25.9 Å². The molecule has 1 aliphatic heterocycles. The fourth-order valence-electron chi connectivity index (χ4n) is 3.22. The molecule has 0 saturated heterocycles. The van der Waals surface area contributed by atoms with Crippen LogP contribution in [0.5, 0.6) is 0 Å². The van der Waals surface area contributed by atoms with Gasteiger partial charge in [-0.2, -0.15) is 0 Å². The summed E-state index contributed by atoms with van der Waals surface area (Å²) < 4.78 is 0. The molecule has 0 radical (unpaired) electrons. The van der Waals surface area contributed by atoms with Gasteiger partial charge in [-0.05, 0) is 55.6 Å². The predicted molar refractivity (Wildman–Crippen MR) is 137 cm³/mol. The van der Waals surface area contributed by atoms with Gasteiger partial charge in [-0.1, -0.05) is 61.2 Å². The Morgan fingerprint density at radius 2 is 1.45 bits per heavy atom. The van der Waals surface area contributed by atoms with E-state index in [0.717, 1.165) is 53.0 Å². The number of rotatable bonds is 7. The maximum absolute atomic E-state index is 5.00. The zero-order valence-electron chi connectivity index (χ0n) is 18.0. The van der Waals surface area contributed by atoms with Gasteiger partial charge in [0.1, 0.15) is 0 Å². The van der Waals surface area contributed by atoms with Gasteiger partial charge >= 0.3 is 0 Å². The summed E-state index contributed by atoms with van der Waals surface area (Å²) in [6.45, 7) is 4.31. The Bertz CT molecular complexity index is 1060. The number of hydrogen-bond donors (Lipinski definition) is 0. The Labute approximate surface area is 193 Å². The Balaban J connectivity index is 1.54. The van der Waals surface area contributed by atoms with E-state index in [1.165, 1.54) is 9.79 Å². The lowest BCUT2D eigenvalue weighted by Gasteiger charge is -2.13. The molecule has 4 rings (SSSR count). The SMILES string of the molecule is CCN(C)CCSC1=Nc2ccccc2N=C(c2ccc(Sc3ccccc3)cc2)C1. The number of para-hydroxylation sites is 2. The maximum atomic E-state index is 5.00. The van der Waals surface area contributed by atoms with E-state index in [0.29, 0.717) is 0 Å². The van der Waals surface area contributed by atoms with Gasteiger partial charge in [-0.25, -0.2) is 4.99 Å². The zero-order chi connectivity index (χ0) is 21.5. The predicted octanol–water partition coefficient (Wildman–Crippen LogP) is 7.08. The van der Waals surface area contributed by atoms with E-state index in [-0.39, 0.29) is 0 Å². The van der Waals surface area contributed by atoms with E-state index in [4.69, 9.17) is 9.98 Å². The van der Waals surface area contributed by atoms with Crippen LogP contribution in [-0.4, -0.2) is 41.5 Å². The van der Waals surface area contributed by atoms with Crippen molar-refractivity contribution in [2.45, 2.75) is 23.1 Å². The highest BCUT2D eigenvalue weighted by atomic mass is 32.2. The van der Waals surface area contributed by atoms with E-state index in [1.54, 1.807) is 11.8 Å². The van der Waals surface area contributed by atoms with Crippen molar-refractivity contribution in [3.63, 3.8) is 0 Å². The standard InChI is InChI=1S/C26H27N3S2/c1-3-29(2)17-18-30-26-19-25(27-23-11-7-8-12-24(23)28-26)20-13-15-22(16-14-20)31-21-9-5-4-6-10-21/h4-16H,3,17-19H2,1-2H3. The molecular formula is C26H27N3S2. The number of thioether (sulfide) groups is 1. The van der Waals surface area contributed by atoms with Gasteiger partial charge in [-0.3, -0.25) is 4.99 Å². The smallest absolute Gasteiger partial charge is 0.0896 e. The summed E-state index contributed by atoms with van der Waals surface area (Å²) in [6, 6.07) is 27.4. The third-order valence-corrected chi connectivity index (χ3v) is 7.12. The molecule has 3 aromatic rings. The highest BCUT2D eigenvalue weighted by molar-refractivity contribution is 8.14. The molecule has 0 aromatic heterocycles. The van der Waals surface area contributed by atoms with Gasteiger partial charge in [0.2, 0.25) is 0 Å². The summed E-state index contributed by atoms with van der Waals surface area (Å²) >= 11 is 3.62. The molecule has 0 atom stereocenters. The average molecular weight is 446 g/mol. The van der Waals surface area contributed by atoms with Crippen LogP contribution in [0.25, 0.3) is 0 Å². The lowest BCUT2D eigenvalue weighted by molar-refractivity contribution is 0.377. The van der Waals surface area contributed by atoms with Crippen LogP contribution >= 0.6 is 23.5 Å². The van der Waals surface area contributed by atoms with E-state index < -0.39 is 0 Å². The van der Waals surface area contributed by atoms with Crippen molar-refractivity contribution in [1.82, 2.24) is 4.90 Å². The first kappa shape index (κ1) is 21.9. The molecule has 0 unspecified atom stereocenters. The molecule has 3 nitrogen and oxygen atoms in total. The number of fused-ring (bicyclic) bond motifs is 1. The highest BCUT2D eigenvalue weighted by Crippen LogP contribution is 2.34. The normalized spacial score (nSPS) is 13.4. The largest absolute Gasteiger partial charge is 0.306 e. The molecular weight excluding hydrogens is 418 g/mol. The molecule has 0 aliphatic carbocycles. The van der Waals surface area contributed by atoms with Crippen LogP contribution in [0.1, 0.15) is 18.9 Å². The minimum atomic E-state index is 0.764. The van der Waals surface area contributed by atoms with Crippen LogP contribution in [0.2, 0.25) is 0 Å². The molecule has 0 saturated carbocycles. The van der Waals surface area contributed by atoms with E-state index in [1.807, 2.05) is 30.0 Å². The van der Waals surface area contributed by atoms with Crippen molar-refractivity contribution in [3.8, 4) is 0 Å². The topological polar surface area (TPSA) is 28.0 Å². The summed E-state index contributed by atoms with van der Waals surface area (Å²) in [4.78, 5) is 14.8. The third kappa shape index (κ3) is 6.10. The van der Waals surface area contributed by atoms with Gasteiger partial charge in [0.05, 0.1) is 22.1 Å². The molecule has 1 aliphatic rings. The Morgan fingerprint density at radius 3 is 2.16 bits per heavy atom. The van der Waals surface area contributed by atoms with Crippen molar-refractivity contribution in [1.29, 1.82) is 0 Å². The highest BCUT2D eigenvalue weighted by Gasteiger charge is 2.15. The fraction of sp³-hybridized carbons (Fsp3) is 0.231. The first-order chi connectivity index (χ1) is 15.2. The van der Waals surface area contributed by atoms with Crippen LogP contribution in [0.3, 0.4) is 0 Å². The zero-order valence-corrected chi connectivity index (χ0v) is 19.6. The van der Waals surface area contributed by atoms with E-state index >= 15 is 0 Å². The van der Waals surface area contributed by atoms with Crippen LogP contribution in [-0.2, 0) is 0 Å². The lowest BCUT2D eigenvalue weighted by Crippen LogP contribution is -2.21. The number of benzene rings is 3. The second-order valence-corrected chi connectivity index (χ2v) is 9.73. The summed E-state index contributed by atoms with van der Waals surface area (Å²) in [5, 5.41) is 1.14. The quantitative estimate of drug-likeness (QED) is 0.389. The van der Waals surface area contributed by atoms with E-state index in [2.05, 4.69) is 79.5 Å². The van der Waals surface area contributed by atoms with Crippen molar-refractivity contribution in [2.24, 2.45) is 9.98 Å². The molecule has 158 valence electrons. The van der Waals surface area contributed by atoms with Gasteiger partial charge in [-0.15, -0.1) is 11.8 Å². The third-order valence-electron chi connectivity index (χ3n) is 5.15. The van der Waals surface area contributed by atoms with Gasteiger partial charge in [0, 0.05) is 28.5 Å². The Hall–Kier alpha value is -2.34. The van der Waals surface area contributed by atoms with Crippen molar-refractivity contribution < 1.29 is 0 Å². The van der Waals surface area contributed by atoms with Crippen LogP contribution in [0.15, 0.2) is 98.6 Å². The van der Waals surface area contributed by atoms with Gasteiger partial charge in [0.25, 0.3) is 0 Å². The fourth-order valence-corrected chi connectivity index (χ4v) is 5.10. The van der Waals surface area contributed by atoms with Crippen LogP contribution in [0, 0.1) is 0 Å². The second kappa shape index (κ2) is 10.8. The molecule has 5 heteroatoms. The summed E-state index contributed by atoms with van der Waals surface area (Å²) in [5.41, 5.74) is 4.14. The van der Waals surface area contributed by atoms with Gasteiger partial charge in [0.15, 0.2) is 0 Å².